The fourth-order valence-corrected chi connectivity index (χ4v) is 3.07. The van der Waals surface area contributed by atoms with E-state index in [1.807, 2.05) is 30.3 Å². The Bertz CT molecular complexity index is 1230. The Labute approximate surface area is 195 Å². The molecule has 9 nitrogen and oxygen atoms in total. The molecule has 2 aromatic heterocycles. The first-order valence-corrected chi connectivity index (χ1v) is 10.3. The number of aliphatic hydroxyl groups is 1. The van der Waals surface area contributed by atoms with Crippen molar-refractivity contribution in [2.75, 3.05) is 17.7 Å². The highest BCUT2D eigenvalue weighted by Gasteiger charge is 2.12. The van der Waals surface area contributed by atoms with E-state index in [1.165, 1.54) is 17.8 Å². The van der Waals surface area contributed by atoms with Gasteiger partial charge in [-0.2, -0.15) is 4.98 Å². The number of primary amides is 1. The molecule has 0 fully saturated rings. The van der Waals surface area contributed by atoms with Crippen LogP contribution in [0.4, 0.5) is 17.5 Å². The molecule has 0 bridgehead atoms. The number of amides is 1. The summed E-state index contributed by atoms with van der Waals surface area (Å²) in [5.74, 6) is 0.899. The summed E-state index contributed by atoms with van der Waals surface area (Å²) >= 11 is 6.00. The van der Waals surface area contributed by atoms with Crippen molar-refractivity contribution in [3.8, 4) is 11.5 Å². The third kappa shape index (κ3) is 6.52. The Morgan fingerprint density at radius 2 is 1.91 bits per heavy atom. The lowest BCUT2D eigenvalue weighted by Gasteiger charge is -2.08. The number of nitrogens with two attached hydrogens (primary N) is 2. The largest absolute Gasteiger partial charge is 0.441 e. The molecule has 0 atom stereocenters. The molecule has 0 saturated carbocycles. The number of halogens is 1. The second-order valence-corrected chi connectivity index (χ2v) is 7.32. The van der Waals surface area contributed by atoms with Gasteiger partial charge in [0.2, 0.25) is 17.7 Å². The Balaban J connectivity index is 0.000000286. The number of anilines is 3. The van der Waals surface area contributed by atoms with Crippen molar-refractivity contribution in [1.82, 2.24) is 15.0 Å². The number of aliphatic hydroxyl groups excluding tert-OH is 1. The van der Waals surface area contributed by atoms with E-state index in [-0.39, 0.29) is 29.0 Å². The molecule has 4 aromatic rings. The summed E-state index contributed by atoms with van der Waals surface area (Å²) in [5, 5.41) is 11.7. The van der Waals surface area contributed by atoms with Gasteiger partial charge in [0.15, 0.2) is 0 Å². The molecule has 0 aliphatic rings. The predicted molar refractivity (Wildman–Crippen MR) is 127 cm³/mol. The monoisotopic (exact) mass is 466 g/mol. The van der Waals surface area contributed by atoms with Crippen LogP contribution in [0.2, 0.25) is 5.02 Å². The van der Waals surface area contributed by atoms with E-state index in [0.717, 1.165) is 6.42 Å². The van der Waals surface area contributed by atoms with E-state index in [0.29, 0.717) is 22.9 Å². The molecule has 2 heterocycles. The molecule has 2 aromatic carbocycles. The fourth-order valence-electron chi connectivity index (χ4n) is 2.79. The number of hydrogen-bond acceptors (Lipinski definition) is 8. The molecule has 6 N–H and O–H groups in total. The summed E-state index contributed by atoms with van der Waals surface area (Å²) < 4.78 is 5.41. The van der Waals surface area contributed by atoms with Crippen LogP contribution in [0.15, 0.2) is 65.3 Å². The molecule has 0 saturated heterocycles. The number of hydrogen-bond donors (Lipinski definition) is 4. The van der Waals surface area contributed by atoms with Gasteiger partial charge in [-0.15, -0.1) is 0 Å². The predicted octanol–water partition coefficient (Wildman–Crippen LogP) is 3.74. The molecule has 0 aliphatic carbocycles. The maximum absolute atomic E-state index is 11.2. The number of aryl methyl sites for hydroxylation is 1. The number of carbonyl (C=O) groups excluding carboxylic acids is 1. The lowest BCUT2D eigenvalue weighted by atomic mass is 10.2. The van der Waals surface area contributed by atoms with Gasteiger partial charge in [0.25, 0.3) is 0 Å². The third-order valence-electron chi connectivity index (χ3n) is 4.40. The second kappa shape index (κ2) is 11.1. The van der Waals surface area contributed by atoms with Gasteiger partial charge in [-0.1, -0.05) is 41.9 Å². The average Bonchev–Trinajstić information content (AvgIpc) is 3.21. The van der Waals surface area contributed by atoms with Crippen LogP contribution in [0.1, 0.15) is 21.7 Å². The van der Waals surface area contributed by atoms with Gasteiger partial charge in [0, 0.05) is 18.5 Å². The molecule has 1 amide bonds. The van der Waals surface area contributed by atoms with E-state index in [2.05, 4.69) is 20.3 Å². The van der Waals surface area contributed by atoms with Gasteiger partial charge in [0.05, 0.1) is 22.3 Å². The van der Waals surface area contributed by atoms with Crippen LogP contribution in [-0.2, 0) is 6.42 Å². The second-order valence-electron chi connectivity index (χ2n) is 6.91. The first-order chi connectivity index (χ1) is 15.9. The van der Waals surface area contributed by atoms with E-state index < -0.39 is 5.91 Å². The van der Waals surface area contributed by atoms with Crippen LogP contribution < -0.4 is 16.8 Å². The zero-order valence-electron chi connectivity index (χ0n) is 17.8. The lowest BCUT2D eigenvalue weighted by molar-refractivity contribution is 0.100. The van der Waals surface area contributed by atoms with Crippen LogP contribution in [0.3, 0.4) is 0 Å². The molecule has 10 heteroatoms. The minimum absolute atomic E-state index is 0.217. The van der Waals surface area contributed by atoms with Crippen LogP contribution in [-0.4, -0.2) is 32.6 Å². The topological polar surface area (TPSA) is 153 Å². The third-order valence-corrected chi connectivity index (χ3v) is 4.72. The number of carbonyl (C=O) groups is 1. The molecule has 33 heavy (non-hydrogen) atoms. The minimum atomic E-state index is -0.599. The van der Waals surface area contributed by atoms with Crippen molar-refractivity contribution >= 4 is 35.0 Å². The smallest absolute Gasteiger partial charge is 0.250 e. The molecular formula is C23H23ClN6O3. The highest BCUT2D eigenvalue weighted by Crippen LogP contribution is 2.26. The Morgan fingerprint density at radius 1 is 1.15 bits per heavy atom. The van der Waals surface area contributed by atoms with Crippen molar-refractivity contribution in [2.45, 2.75) is 13.3 Å². The van der Waals surface area contributed by atoms with Crippen molar-refractivity contribution in [3.63, 3.8) is 0 Å². The van der Waals surface area contributed by atoms with Gasteiger partial charge >= 0.3 is 0 Å². The highest BCUT2D eigenvalue weighted by molar-refractivity contribution is 6.34. The quantitative estimate of drug-likeness (QED) is 0.335. The number of benzene rings is 2. The zero-order valence-corrected chi connectivity index (χ0v) is 18.6. The maximum atomic E-state index is 11.2. The molecule has 0 spiro atoms. The van der Waals surface area contributed by atoms with Gasteiger partial charge in [-0.05, 0) is 37.1 Å². The SMILES string of the molecule is Cc1cnc(-c2cnc(Nc3ccc(C(N)=O)c(Cl)c3)nc2N)o1.OCCc1ccccc1. The summed E-state index contributed by atoms with van der Waals surface area (Å²) in [6, 6.07) is 14.6. The summed E-state index contributed by atoms with van der Waals surface area (Å²) in [7, 11) is 0. The van der Waals surface area contributed by atoms with Crippen LogP contribution in [0.25, 0.3) is 11.5 Å². The summed E-state index contributed by atoms with van der Waals surface area (Å²) in [4.78, 5) is 23.6. The van der Waals surface area contributed by atoms with Crippen molar-refractivity contribution < 1.29 is 14.3 Å². The van der Waals surface area contributed by atoms with Crippen molar-refractivity contribution in [1.29, 1.82) is 0 Å². The molecule has 0 radical (unpaired) electrons. The number of nitrogens with zero attached hydrogens (tertiary/aromatic N) is 3. The van der Waals surface area contributed by atoms with E-state index in [1.54, 1.807) is 25.3 Å². The number of nitrogen functional groups attached to an aromatic ring is 1. The number of aromatic nitrogens is 3. The van der Waals surface area contributed by atoms with E-state index >= 15 is 0 Å². The molecule has 0 aliphatic heterocycles. The number of nitrogens with one attached hydrogen (secondary N) is 1. The van der Waals surface area contributed by atoms with Crippen molar-refractivity contribution in [3.05, 3.63) is 82.8 Å². The standard InChI is InChI=1S/C15H13ClN6O2.C8H10O/c1-7-5-19-14(24-7)10-6-20-15(22-12(10)17)21-8-2-3-9(13(18)23)11(16)4-8;9-7-6-8-4-2-1-3-5-8/h2-6H,1H3,(H2,18,23)(H3,17,20,21,22);1-5,9H,6-7H2. The minimum Gasteiger partial charge on any atom is -0.441 e. The number of rotatable bonds is 6. The van der Waals surface area contributed by atoms with Crippen LogP contribution in [0.5, 0.6) is 0 Å². The Hall–Kier alpha value is -3.95. The van der Waals surface area contributed by atoms with Crippen LogP contribution >= 0.6 is 11.6 Å². The molecular weight excluding hydrogens is 444 g/mol. The first kappa shape index (κ1) is 23.7. The normalized spacial score (nSPS) is 10.3. The molecule has 4 rings (SSSR count). The fraction of sp³-hybridized carbons (Fsp3) is 0.130. The number of oxazole rings is 1. The summed E-state index contributed by atoms with van der Waals surface area (Å²) in [6.07, 6.45) is 3.86. The van der Waals surface area contributed by atoms with E-state index in [9.17, 15) is 4.79 Å². The molecule has 0 unspecified atom stereocenters. The van der Waals surface area contributed by atoms with Gasteiger partial charge < -0.3 is 26.3 Å². The first-order valence-electron chi connectivity index (χ1n) is 9.94. The van der Waals surface area contributed by atoms with Gasteiger partial charge in [0.1, 0.15) is 11.6 Å². The molecule has 170 valence electrons. The highest BCUT2D eigenvalue weighted by atomic mass is 35.5. The van der Waals surface area contributed by atoms with Gasteiger partial charge in [-0.3, -0.25) is 4.79 Å². The van der Waals surface area contributed by atoms with E-state index in [4.69, 9.17) is 32.6 Å². The van der Waals surface area contributed by atoms with Crippen molar-refractivity contribution in [2.24, 2.45) is 5.73 Å². The Morgan fingerprint density at radius 3 is 2.48 bits per heavy atom. The van der Waals surface area contributed by atoms with Gasteiger partial charge in [-0.25, -0.2) is 9.97 Å². The maximum Gasteiger partial charge on any atom is 0.250 e. The lowest BCUT2D eigenvalue weighted by Crippen LogP contribution is -2.11. The Kier molecular flexibility index (Phi) is 7.96. The summed E-state index contributed by atoms with van der Waals surface area (Å²) in [6.45, 7) is 2.02. The average molecular weight is 467 g/mol. The van der Waals surface area contributed by atoms with Crippen LogP contribution in [0, 0.1) is 6.92 Å². The summed E-state index contributed by atoms with van der Waals surface area (Å²) in [5.41, 5.74) is 13.7. The zero-order chi connectivity index (χ0) is 23.8.